The first-order valence-corrected chi connectivity index (χ1v) is 29.4. The second-order valence-electron chi connectivity index (χ2n) is 19.7. The fraction of sp³-hybridized carbons (Fsp3) is 0.729. The fourth-order valence-corrected chi connectivity index (χ4v) is 8.21. The lowest BCUT2D eigenvalue weighted by Gasteiger charge is -2.30. The third-order valence-electron chi connectivity index (χ3n) is 11.8. The fourth-order valence-electron chi connectivity index (χ4n) is 7.49. The predicted octanol–water partition coefficient (Wildman–Crippen LogP) is 16.0. The minimum atomic E-state index is -4.71. The lowest BCUT2D eigenvalue weighted by Crippen LogP contribution is -2.47. The largest absolute Gasteiger partial charge is 0.756 e. The molecule has 0 bridgehead atoms. The van der Waals surface area contributed by atoms with Gasteiger partial charge in [0.15, 0.2) is 0 Å². The molecule has 3 atom stereocenters. The summed E-state index contributed by atoms with van der Waals surface area (Å²) in [7, 11) is 1.14. The van der Waals surface area contributed by atoms with Gasteiger partial charge in [-0.1, -0.05) is 202 Å². The standard InChI is InChI=1S/C59H105N2O7P/c1-7-10-13-16-19-22-25-27-29-30-32-34-37-40-43-46-49-52-59(63)68-57(50-47-44-41-38-35-24-21-18-15-12-9-3)56(55-67-69(64,65)66-54-53-61(4,5)6)60-58(62)51-48-45-42-39-36-33-31-28-26-23-20-17-14-11-8-2/h10,13,19,22-23,26-27,29,32,34,40,43,47,50,56-57H,7-9,11-12,14-18,20-21,24-25,28,30-31,33,35-39,41-42,44-46,48-49,51-55H2,1-6H3,(H-,60,62,64,65)/b13-10-,22-19-,26-23-,29-27-,34-32-,43-40-,50-47+. The molecule has 0 aliphatic heterocycles. The van der Waals surface area contributed by atoms with Gasteiger partial charge in [-0.3, -0.25) is 14.2 Å². The first-order chi connectivity index (χ1) is 33.4. The van der Waals surface area contributed by atoms with Crippen LogP contribution in [0.4, 0.5) is 0 Å². The lowest BCUT2D eigenvalue weighted by molar-refractivity contribution is -0.870. The Morgan fingerprint density at radius 2 is 0.942 bits per heavy atom. The van der Waals surface area contributed by atoms with E-state index in [-0.39, 0.29) is 18.9 Å². The summed E-state index contributed by atoms with van der Waals surface area (Å²) in [5.74, 6) is -0.620. The molecule has 0 aromatic carbocycles. The van der Waals surface area contributed by atoms with Gasteiger partial charge in [-0.25, -0.2) is 0 Å². The molecule has 0 heterocycles. The van der Waals surface area contributed by atoms with Gasteiger partial charge in [0.05, 0.1) is 33.8 Å². The highest BCUT2D eigenvalue weighted by Gasteiger charge is 2.27. The van der Waals surface area contributed by atoms with Crippen molar-refractivity contribution in [3.05, 3.63) is 85.1 Å². The van der Waals surface area contributed by atoms with Crippen molar-refractivity contribution in [1.82, 2.24) is 5.32 Å². The third kappa shape index (κ3) is 49.9. The second-order valence-corrected chi connectivity index (χ2v) is 21.1. The van der Waals surface area contributed by atoms with E-state index in [2.05, 4.69) is 99.0 Å². The molecule has 0 rings (SSSR count). The average Bonchev–Trinajstić information content (AvgIpc) is 3.31. The van der Waals surface area contributed by atoms with Crippen LogP contribution in [0, 0.1) is 0 Å². The molecule has 0 saturated carbocycles. The number of likely N-dealkylation sites (N-methyl/N-ethyl adjacent to an activating group) is 1. The lowest BCUT2D eigenvalue weighted by atomic mass is 10.1. The van der Waals surface area contributed by atoms with Gasteiger partial charge in [0.1, 0.15) is 19.3 Å². The molecule has 1 amide bonds. The summed E-state index contributed by atoms with van der Waals surface area (Å²) in [5.41, 5.74) is 0. The van der Waals surface area contributed by atoms with E-state index in [0.717, 1.165) is 89.9 Å². The Labute approximate surface area is 425 Å². The number of allylic oxidation sites excluding steroid dienone is 13. The molecule has 0 saturated heterocycles. The van der Waals surface area contributed by atoms with Crippen LogP contribution in [-0.2, 0) is 27.9 Å². The molecule has 69 heavy (non-hydrogen) atoms. The van der Waals surface area contributed by atoms with E-state index in [1.807, 2.05) is 27.2 Å². The molecule has 0 aromatic heterocycles. The average molecular weight is 985 g/mol. The topological polar surface area (TPSA) is 114 Å². The van der Waals surface area contributed by atoms with Crippen LogP contribution in [0.1, 0.15) is 226 Å². The number of phosphoric ester groups is 1. The molecule has 0 aromatic rings. The summed E-state index contributed by atoms with van der Waals surface area (Å²) in [6.07, 6.45) is 62.7. The van der Waals surface area contributed by atoms with Crippen molar-refractivity contribution in [1.29, 1.82) is 0 Å². The maximum atomic E-state index is 13.5. The molecule has 0 radical (unpaired) electrons. The molecule has 0 spiro atoms. The van der Waals surface area contributed by atoms with Crippen molar-refractivity contribution in [2.75, 3.05) is 40.9 Å². The summed E-state index contributed by atoms with van der Waals surface area (Å²) in [6, 6.07) is -0.915. The summed E-state index contributed by atoms with van der Waals surface area (Å²) >= 11 is 0. The molecular formula is C59H105N2O7P. The Morgan fingerprint density at radius 1 is 0.522 bits per heavy atom. The molecule has 1 N–H and O–H groups in total. The van der Waals surface area contributed by atoms with Crippen molar-refractivity contribution >= 4 is 19.7 Å². The van der Waals surface area contributed by atoms with E-state index in [1.165, 1.54) is 96.3 Å². The van der Waals surface area contributed by atoms with Crippen LogP contribution in [0.5, 0.6) is 0 Å². The van der Waals surface area contributed by atoms with Crippen LogP contribution in [0.2, 0.25) is 0 Å². The van der Waals surface area contributed by atoms with E-state index in [9.17, 15) is 19.0 Å². The first-order valence-electron chi connectivity index (χ1n) is 27.9. The van der Waals surface area contributed by atoms with Crippen molar-refractivity contribution < 1.29 is 37.3 Å². The number of carbonyl (C=O) groups is 2. The normalized spacial score (nSPS) is 14.5. The minimum absolute atomic E-state index is 0.0352. The monoisotopic (exact) mass is 985 g/mol. The number of nitrogens with zero attached hydrogens (tertiary/aromatic N) is 1. The van der Waals surface area contributed by atoms with Gasteiger partial charge >= 0.3 is 5.97 Å². The highest BCUT2D eigenvalue weighted by atomic mass is 31.2. The van der Waals surface area contributed by atoms with E-state index < -0.39 is 32.5 Å². The Bertz CT molecular complexity index is 1460. The number of hydrogen-bond acceptors (Lipinski definition) is 7. The third-order valence-corrected chi connectivity index (χ3v) is 12.8. The number of amides is 1. The van der Waals surface area contributed by atoms with Crippen molar-refractivity contribution in [2.24, 2.45) is 0 Å². The van der Waals surface area contributed by atoms with Gasteiger partial charge in [0.2, 0.25) is 5.91 Å². The number of carbonyl (C=O) groups excluding carboxylic acids is 2. The van der Waals surface area contributed by atoms with Gasteiger partial charge < -0.3 is 28.5 Å². The van der Waals surface area contributed by atoms with Gasteiger partial charge in [0, 0.05) is 12.8 Å². The van der Waals surface area contributed by atoms with Gasteiger partial charge in [-0.15, -0.1) is 0 Å². The highest BCUT2D eigenvalue weighted by molar-refractivity contribution is 7.45. The Morgan fingerprint density at radius 3 is 1.45 bits per heavy atom. The quantitative estimate of drug-likeness (QED) is 0.0212. The van der Waals surface area contributed by atoms with E-state index >= 15 is 0 Å². The SMILES string of the molecule is CC/C=C\C/C=C\C/C=C\C/C=C\C/C=C\CCCC(=O)OC(/C=C/CCCCCCCCCCC)C(COP(=O)([O-])OCC[N+](C)(C)C)NC(=O)CCCCCCCCC/C=C\CCCCCC. The number of hydrogen-bond donors (Lipinski definition) is 1. The summed E-state index contributed by atoms with van der Waals surface area (Å²) in [4.78, 5) is 39.8. The number of phosphoric acid groups is 1. The Balaban J connectivity index is 5.45. The van der Waals surface area contributed by atoms with E-state index in [1.54, 1.807) is 6.08 Å². The van der Waals surface area contributed by atoms with Crippen LogP contribution in [0.15, 0.2) is 85.1 Å². The molecule has 3 unspecified atom stereocenters. The Hall–Kier alpha value is -2.81. The van der Waals surface area contributed by atoms with Crippen molar-refractivity contribution in [3.8, 4) is 0 Å². The van der Waals surface area contributed by atoms with E-state index in [0.29, 0.717) is 23.9 Å². The molecule has 398 valence electrons. The molecule has 9 nitrogen and oxygen atoms in total. The number of ether oxygens (including phenoxy) is 1. The smallest absolute Gasteiger partial charge is 0.306 e. The van der Waals surface area contributed by atoms with Crippen molar-refractivity contribution in [3.63, 3.8) is 0 Å². The van der Waals surface area contributed by atoms with Gasteiger partial charge in [-0.05, 0) is 96.0 Å². The number of esters is 1. The van der Waals surface area contributed by atoms with Crippen LogP contribution < -0.4 is 10.2 Å². The number of nitrogens with one attached hydrogen (secondary N) is 1. The van der Waals surface area contributed by atoms with Crippen LogP contribution in [0.3, 0.4) is 0 Å². The van der Waals surface area contributed by atoms with Crippen LogP contribution in [0.25, 0.3) is 0 Å². The zero-order chi connectivity index (χ0) is 50.8. The maximum absolute atomic E-state index is 13.5. The maximum Gasteiger partial charge on any atom is 0.306 e. The molecule has 10 heteroatoms. The summed E-state index contributed by atoms with van der Waals surface area (Å²) in [6.45, 7) is 6.65. The van der Waals surface area contributed by atoms with E-state index in [4.69, 9.17) is 13.8 Å². The minimum Gasteiger partial charge on any atom is -0.756 e. The number of quaternary nitrogens is 1. The number of unbranched alkanes of at least 4 members (excludes halogenated alkanes) is 21. The van der Waals surface area contributed by atoms with Crippen molar-refractivity contribution in [2.45, 2.75) is 238 Å². The molecule has 0 aliphatic rings. The Kier molecular flexibility index (Phi) is 46.8. The molecule has 0 aliphatic carbocycles. The van der Waals surface area contributed by atoms with Gasteiger partial charge in [0.25, 0.3) is 7.82 Å². The van der Waals surface area contributed by atoms with Crippen LogP contribution >= 0.6 is 7.82 Å². The molecular weight excluding hydrogens is 880 g/mol. The summed E-state index contributed by atoms with van der Waals surface area (Å²) < 4.78 is 30.1. The second kappa shape index (κ2) is 48.8. The van der Waals surface area contributed by atoms with Crippen LogP contribution in [-0.4, -0.2) is 69.4 Å². The number of rotatable bonds is 49. The zero-order valence-corrected chi connectivity index (χ0v) is 46.1. The summed E-state index contributed by atoms with van der Waals surface area (Å²) in [5, 5.41) is 3.00. The first kappa shape index (κ1) is 66.2. The van der Waals surface area contributed by atoms with Gasteiger partial charge in [-0.2, -0.15) is 0 Å². The zero-order valence-electron chi connectivity index (χ0n) is 45.2. The molecule has 0 fully saturated rings. The highest BCUT2D eigenvalue weighted by Crippen LogP contribution is 2.38. The predicted molar refractivity (Wildman–Crippen MR) is 293 cm³/mol.